The molecule has 0 aliphatic rings. The van der Waals surface area contributed by atoms with Crippen molar-refractivity contribution >= 4 is 27.3 Å². The van der Waals surface area contributed by atoms with Crippen molar-refractivity contribution in [1.82, 2.24) is 4.98 Å². The molecule has 0 spiro atoms. The molecule has 0 bridgehead atoms. The van der Waals surface area contributed by atoms with Crippen LogP contribution in [0, 0.1) is 0 Å². The maximum atomic E-state index is 9.22. The molecule has 0 atom stereocenters. The number of hydrogen-bond acceptors (Lipinski definition) is 4. The Hall–Kier alpha value is -2.20. The quantitative estimate of drug-likeness (QED) is 0.447. The number of thiazole rings is 1. The zero-order chi connectivity index (χ0) is 13.1. The second kappa shape index (κ2) is 5.20. The predicted molar refractivity (Wildman–Crippen MR) is 78.1 cm³/mol. The third-order valence-corrected chi connectivity index (χ3v) is 3.96. The summed E-state index contributed by atoms with van der Waals surface area (Å²) in [6.07, 6.45) is 0.581. The summed E-state index contributed by atoms with van der Waals surface area (Å²) in [5.74, 6) is 0. The van der Waals surface area contributed by atoms with E-state index < -0.39 is 0 Å². The summed E-state index contributed by atoms with van der Waals surface area (Å²) in [7, 11) is 0. The molecule has 1 N–H and O–H groups in total. The highest BCUT2D eigenvalue weighted by atomic mass is 32.1. The molecule has 0 unspecified atom stereocenters. The van der Waals surface area contributed by atoms with Crippen LogP contribution in [0.15, 0.2) is 59.8 Å². The molecule has 3 rings (SSSR count). The molecular formula is C15H12N2OS. The third kappa shape index (κ3) is 2.48. The highest BCUT2D eigenvalue weighted by Gasteiger charge is 2.11. The molecule has 0 saturated carbocycles. The number of para-hydroxylation sites is 1. The van der Waals surface area contributed by atoms with Crippen molar-refractivity contribution in [2.24, 2.45) is 5.16 Å². The largest absolute Gasteiger partial charge is 0.411 e. The molecule has 94 valence electrons. The van der Waals surface area contributed by atoms with Gasteiger partial charge >= 0.3 is 0 Å². The Kier molecular flexibility index (Phi) is 3.25. The molecule has 3 nitrogen and oxygen atoms in total. The molecule has 0 amide bonds. The summed E-state index contributed by atoms with van der Waals surface area (Å²) in [6.45, 7) is 0. The van der Waals surface area contributed by atoms with Crippen LogP contribution in [-0.4, -0.2) is 15.9 Å². The first-order chi connectivity index (χ1) is 9.36. The van der Waals surface area contributed by atoms with E-state index in [9.17, 15) is 5.21 Å². The van der Waals surface area contributed by atoms with Crippen molar-refractivity contribution in [1.29, 1.82) is 0 Å². The van der Waals surface area contributed by atoms with E-state index in [1.165, 1.54) is 0 Å². The fraction of sp³-hybridized carbons (Fsp3) is 0.0667. The van der Waals surface area contributed by atoms with Crippen LogP contribution in [0.4, 0.5) is 0 Å². The fourth-order valence-electron chi connectivity index (χ4n) is 1.94. The molecule has 2 aromatic carbocycles. The maximum Gasteiger partial charge on any atom is 0.142 e. The van der Waals surface area contributed by atoms with Crippen molar-refractivity contribution in [3.8, 4) is 0 Å². The number of nitrogens with zero attached hydrogens (tertiary/aromatic N) is 2. The van der Waals surface area contributed by atoms with Crippen LogP contribution in [0.1, 0.15) is 10.6 Å². The molecule has 0 radical (unpaired) electrons. The van der Waals surface area contributed by atoms with Gasteiger partial charge in [-0.2, -0.15) is 0 Å². The second-order valence-electron chi connectivity index (χ2n) is 4.20. The average molecular weight is 268 g/mol. The van der Waals surface area contributed by atoms with Crippen molar-refractivity contribution in [3.05, 3.63) is 65.2 Å². The SMILES string of the molecule is O/N=C(\Cc1ccccc1)c1nc2ccccc2s1. The van der Waals surface area contributed by atoms with Gasteiger partial charge in [-0.3, -0.25) is 0 Å². The van der Waals surface area contributed by atoms with Crippen molar-refractivity contribution in [3.63, 3.8) is 0 Å². The number of benzene rings is 2. The first-order valence-electron chi connectivity index (χ1n) is 5.97. The lowest BCUT2D eigenvalue weighted by Crippen LogP contribution is -2.04. The van der Waals surface area contributed by atoms with Crippen molar-refractivity contribution in [2.75, 3.05) is 0 Å². The van der Waals surface area contributed by atoms with Gasteiger partial charge in [0, 0.05) is 6.42 Å². The standard InChI is InChI=1S/C15H12N2OS/c18-17-13(10-11-6-2-1-3-7-11)15-16-12-8-4-5-9-14(12)19-15/h1-9,18H,10H2/b17-13+. The summed E-state index contributed by atoms with van der Waals surface area (Å²) in [6, 6.07) is 17.9. The molecule has 0 saturated heterocycles. The van der Waals surface area contributed by atoms with Gasteiger partial charge in [0.2, 0.25) is 0 Å². The van der Waals surface area contributed by atoms with Crippen LogP contribution in [0.5, 0.6) is 0 Å². The Balaban J connectivity index is 1.94. The van der Waals surface area contributed by atoms with Gasteiger partial charge in [0.1, 0.15) is 10.7 Å². The lowest BCUT2D eigenvalue weighted by atomic mass is 10.1. The summed E-state index contributed by atoms with van der Waals surface area (Å²) in [5, 5.41) is 13.4. The molecule has 3 aromatic rings. The van der Waals surface area contributed by atoms with Gasteiger partial charge in [-0.1, -0.05) is 47.6 Å². The van der Waals surface area contributed by atoms with Crippen LogP contribution < -0.4 is 0 Å². The van der Waals surface area contributed by atoms with E-state index in [4.69, 9.17) is 0 Å². The molecule has 1 aromatic heterocycles. The molecule has 0 aliphatic heterocycles. The van der Waals surface area contributed by atoms with E-state index in [0.29, 0.717) is 12.1 Å². The first-order valence-corrected chi connectivity index (χ1v) is 6.79. The summed E-state index contributed by atoms with van der Waals surface area (Å²) < 4.78 is 1.10. The van der Waals surface area contributed by atoms with Gasteiger partial charge in [0.15, 0.2) is 0 Å². The summed E-state index contributed by atoms with van der Waals surface area (Å²) in [5.41, 5.74) is 2.65. The highest BCUT2D eigenvalue weighted by molar-refractivity contribution is 7.20. The van der Waals surface area contributed by atoms with E-state index in [2.05, 4.69) is 10.1 Å². The minimum absolute atomic E-state index is 0.581. The van der Waals surface area contributed by atoms with Gasteiger partial charge in [-0.05, 0) is 17.7 Å². The minimum atomic E-state index is 0.581. The van der Waals surface area contributed by atoms with E-state index in [0.717, 1.165) is 20.8 Å². The molecular weight excluding hydrogens is 256 g/mol. The average Bonchev–Trinajstić information content (AvgIpc) is 2.89. The van der Waals surface area contributed by atoms with E-state index in [-0.39, 0.29) is 0 Å². The minimum Gasteiger partial charge on any atom is -0.411 e. The zero-order valence-corrected chi connectivity index (χ0v) is 11.0. The Bertz CT molecular complexity index is 686. The van der Waals surface area contributed by atoms with Gasteiger partial charge in [0.25, 0.3) is 0 Å². The van der Waals surface area contributed by atoms with E-state index in [1.54, 1.807) is 11.3 Å². The Morgan fingerprint density at radius 2 is 1.79 bits per heavy atom. The van der Waals surface area contributed by atoms with Crippen LogP contribution in [0.2, 0.25) is 0 Å². The number of fused-ring (bicyclic) bond motifs is 1. The fourth-order valence-corrected chi connectivity index (χ4v) is 2.89. The van der Waals surface area contributed by atoms with Crippen molar-refractivity contribution < 1.29 is 5.21 Å². The smallest absolute Gasteiger partial charge is 0.142 e. The number of hydrogen-bond donors (Lipinski definition) is 1. The van der Waals surface area contributed by atoms with Crippen LogP contribution >= 0.6 is 11.3 Å². The number of oxime groups is 1. The Morgan fingerprint density at radius 1 is 1.05 bits per heavy atom. The van der Waals surface area contributed by atoms with Gasteiger partial charge in [0.05, 0.1) is 10.2 Å². The molecule has 1 heterocycles. The predicted octanol–water partition coefficient (Wildman–Crippen LogP) is 3.72. The monoisotopic (exact) mass is 268 g/mol. The van der Waals surface area contributed by atoms with Crippen LogP contribution in [0.25, 0.3) is 10.2 Å². The van der Waals surface area contributed by atoms with Crippen molar-refractivity contribution in [2.45, 2.75) is 6.42 Å². The van der Waals surface area contributed by atoms with E-state index in [1.807, 2.05) is 54.6 Å². The Morgan fingerprint density at radius 3 is 2.53 bits per heavy atom. The highest BCUT2D eigenvalue weighted by Crippen LogP contribution is 2.23. The topological polar surface area (TPSA) is 45.5 Å². The third-order valence-electron chi connectivity index (χ3n) is 2.88. The van der Waals surface area contributed by atoms with Crippen LogP contribution in [-0.2, 0) is 6.42 Å². The maximum absolute atomic E-state index is 9.22. The molecule has 0 aliphatic carbocycles. The second-order valence-corrected chi connectivity index (χ2v) is 5.23. The van der Waals surface area contributed by atoms with Gasteiger partial charge < -0.3 is 5.21 Å². The van der Waals surface area contributed by atoms with E-state index >= 15 is 0 Å². The molecule has 19 heavy (non-hydrogen) atoms. The number of aromatic nitrogens is 1. The summed E-state index contributed by atoms with van der Waals surface area (Å²) >= 11 is 1.55. The normalized spacial score (nSPS) is 11.9. The van der Waals surface area contributed by atoms with Gasteiger partial charge in [-0.15, -0.1) is 11.3 Å². The van der Waals surface area contributed by atoms with Crippen LogP contribution in [0.3, 0.4) is 0 Å². The van der Waals surface area contributed by atoms with Gasteiger partial charge in [-0.25, -0.2) is 4.98 Å². The first kappa shape index (κ1) is 11.9. The zero-order valence-electron chi connectivity index (χ0n) is 10.2. The number of rotatable bonds is 3. The lowest BCUT2D eigenvalue weighted by Gasteiger charge is -2.00. The Labute approximate surface area is 114 Å². The molecule has 0 fully saturated rings. The molecule has 4 heteroatoms. The summed E-state index contributed by atoms with van der Waals surface area (Å²) in [4.78, 5) is 4.51. The lowest BCUT2D eigenvalue weighted by molar-refractivity contribution is 0.318.